The minimum absolute atomic E-state index is 0.0435. The van der Waals surface area contributed by atoms with Gasteiger partial charge in [-0.15, -0.1) is 0 Å². The number of nitrogens with zero attached hydrogens (tertiary/aromatic N) is 3. The van der Waals surface area contributed by atoms with Gasteiger partial charge in [0, 0.05) is 5.56 Å². The summed E-state index contributed by atoms with van der Waals surface area (Å²) in [6, 6.07) is 8.87. The second-order valence-corrected chi connectivity index (χ2v) is 7.03. The largest absolute Gasteiger partial charge is 0.291 e. The van der Waals surface area contributed by atoms with Gasteiger partial charge in [0.2, 0.25) is 5.96 Å². The molecular formula is C21H18F3N5O. The quantitative estimate of drug-likeness (QED) is 0.597. The van der Waals surface area contributed by atoms with Crippen molar-refractivity contribution in [3.8, 4) is 0 Å². The van der Waals surface area contributed by atoms with E-state index >= 15 is 0 Å². The molecule has 1 saturated carbocycles. The van der Waals surface area contributed by atoms with Gasteiger partial charge in [0.1, 0.15) is 11.7 Å². The summed E-state index contributed by atoms with van der Waals surface area (Å²) in [7, 11) is 0. The SMILES string of the molecule is O=C(NC(N=C1CC(c2ccc(F)cc2)=NN1)=NC1CCC1)c1ccc(F)c(F)c1. The number of carbonyl (C=O) groups excluding carboxylic acids is 1. The van der Waals surface area contributed by atoms with Crippen molar-refractivity contribution in [2.75, 3.05) is 0 Å². The maximum Gasteiger partial charge on any atom is 0.258 e. The molecule has 1 amide bonds. The third-order valence-electron chi connectivity index (χ3n) is 4.86. The molecular weight excluding hydrogens is 395 g/mol. The monoisotopic (exact) mass is 413 g/mol. The van der Waals surface area contributed by atoms with E-state index in [1.807, 2.05) is 0 Å². The Kier molecular flexibility index (Phi) is 5.60. The first-order valence-electron chi connectivity index (χ1n) is 9.48. The smallest absolute Gasteiger partial charge is 0.258 e. The summed E-state index contributed by atoms with van der Waals surface area (Å²) in [5.74, 6) is -2.59. The van der Waals surface area contributed by atoms with Crippen molar-refractivity contribution in [1.29, 1.82) is 0 Å². The highest BCUT2D eigenvalue weighted by atomic mass is 19.2. The molecule has 2 N–H and O–H groups in total. The molecule has 4 rings (SSSR count). The van der Waals surface area contributed by atoms with E-state index in [2.05, 4.69) is 25.8 Å². The normalized spacial score (nSPS) is 18.0. The lowest BCUT2D eigenvalue weighted by molar-refractivity contribution is 0.0976. The van der Waals surface area contributed by atoms with Gasteiger partial charge in [0.15, 0.2) is 11.6 Å². The molecule has 6 nitrogen and oxygen atoms in total. The van der Waals surface area contributed by atoms with Gasteiger partial charge in [-0.1, -0.05) is 12.1 Å². The van der Waals surface area contributed by atoms with E-state index in [-0.39, 0.29) is 23.4 Å². The Morgan fingerprint density at radius 1 is 1.07 bits per heavy atom. The Balaban J connectivity index is 1.50. The number of guanidine groups is 1. The molecule has 1 aliphatic carbocycles. The van der Waals surface area contributed by atoms with E-state index in [1.54, 1.807) is 12.1 Å². The summed E-state index contributed by atoms with van der Waals surface area (Å²) < 4.78 is 39.7. The van der Waals surface area contributed by atoms with Crippen LogP contribution in [0.1, 0.15) is 41.6 Å². The van der Waals surface area contributed by atoms with E-state index in [1.165, 1.54) is 18.2 Å². The number of halogens is 3. The Labute approximate surface area is 170 Å². The molecule has 0 radical (unpaired) electrons. The zero-order chi connectivity index (χ0) is 21.1. The van der Waals surface area contributed by atoms with E-state index in [0.717, 1.165) is 37.0 Å². The van der Waals surface area contributed by atoms with Gasteiger partial charge in [-0.3, -0.25) is 15.5 Å². The van der Waals surface area contributed by atoms with Crippen molar-refractivity contribution in [1.82, 2.24) is 10.7 Å². The molecule has 2 aliphatic rings. The summed E-state index contributed by atoms with van der Waals surface area (Å²) in [5.41, 5.74) is 4.17. The summed E-state index contributed by atoms with van der Waals surface area (Å²) in [4.78, 5) is 21.3. The van der Waals surface area contributed by atoms with Gasteiger partial charge in [0.25, 0.3) is 5.91 Å². The summed E-state index contributed by atoms with van der Waals surface area (Å²) >= 11 is 0. The van der Waals surface area contributed by atoms with Gasteiger partial charge in [-0.25, -0.2) is 18.2 Å². The molecule has 0 bridgehead atoms. The van der Waals surface area contributed by atoms with Crippen molar-refractivity contribution in [3.63, 3.8) is 0 Å². The molecule has 154 valence electrons. The number of benzene rings is 2. The number of aliphatic imine (C=N–C) groups is 2. The lowest BCUT2D eigenvalue weighted by Gasteiger charge is -2.21. The second kappa shape index (κ2) is 8.48. The lowest BCUT2D eigenvalue weighted by Crippen LogP contribution is -2.33. The molecule has 1 heterocycles. The number of rotatable bonds is 3. The fourth-order valence-electron chi connectivity index (χ4n) is 2.96. The summed E-state index contributed by atoms with van der Waals surface area (Å²) in [6.07, 6.45) is 3.17. The van der Waals surface area contributed by atoms with Gasteiger partial charge in [0.05, 0.1) is 18.2 Å². The van der Waals surface area contributed by atoms with Crippen molar-refractivity contribution < 1.29 is 18.0 Å². The van der Waals surface area contributed by atoms with Gasteiger partial charge >= 0.3 is 0 Å². The van der Waals surface area contributed by atoms with Crippen LogP contribution in [0.4, 0.5) is 13.2 Å². The van der Waals surface area contributed by atoms with Crippen LogP contribution in [-0.4, -0.2) is 29.5 Å². The Bertz CT molecular complexity index is 1060. The van der Waals surface area contributed by atoms with E-state index < -0.39 is 17.5 Å². The van der Waals surface area contributed by atoms with Crippen LogP contribution in [0.3, 0.4) is 0 Å². The van der Waals surface area contributed by atoms with Crippen molar-refractivity contribution in [3.05, 3.63) is 71.0 Å². The van der Waals surface area contributed by atoms with Crippen LogP contribution >= 0.6 is 0 Å². The van der Waals surface area contributed by atoms with Crippen LogP contribution in [0.25, 0.3) is 0 Å². The standard InChI is InChI=1S/C21H18F3N5O/c22-14-7-4-12(5-8-14)18-11-19(29-28-18)26-21(25-15-2-1-3-15)27-20(30)13-6-9-16(23)17(24)10-13/h4-10,15H,1-3,11H2,(H2,25,26,27,29,30). The molecule has 1 aliphatic heterocycles. The van der Waals surface area contributed by atoms with Crippen LogP contribution in [0.2, 0.25) is 0 Å². The molecule has 0 unspecified atom stereocenters. The first-order valence-corrected chi connectivity index (χ1v) is 9.48. The zero-order valence-corrected chi connectivity index (χ0v) is 15.8. The van der Waals surface area contributed by atoms with E-state index in [4.69, 9.17) is 0 Å². The van der Waals surface area contributed by atoms with E-state index in [0.29, 0.717) is 18.0 Å². The lowest BCUT2D eigenvalue weighted by atomic mass is 9.94. The zero-order valence-electron chi connectivity index (χ0n) is 15.8. The fourth-order valence-corrected chi connectivity index (χ4v) is 2.96. The molecule has 9 heteroatoms. The van der Waals surface area contributed by atoms with Gasteiger partial charge in [-0.05, 0) is 55.2 Å². The molecule has 2 aromatic rings. The highest BCUT2D eigenvalue weighted by Crippen LogP contribution is 2.22. The number of hydrazone groups is 1. The molecule has 0 saturated heterocycles. The van der Waals surface area contributed by atoms with Crippen molar-refractivity contribution in [2.24, 2.45) is 15.1 Å². The highest BCUT2D eigenvalue weighted by molar-refractivity contribution is 6.18. The number of amidine groups is 1. The maximum absolute atomic E-state index is 13.4. The molecule has 2 aromatic carbocycles. The minimum Gasteiger partial charge on any atom is -0.291 e. The van der Waals surface area contributed by atoms with Gasteiger partial charge < -0.3 is 0 Å². The molecule has 0 aromatic heterocycles. The first kappa shape index (κ1) is 19.8. The topological polar surface area (TPSA) is 78.2 Å². The Morgan fingerprint density at radius 3 is 2.50 bits per heavy atom. The van der Waals surface area contributed by atoms with Crippen LogP contribution in [0, 0.1) is 17.5 Å². The third-order valence-corrected chi connectivity index (χ3v) is 4.86. The number of carbonyl (C=O) groups is 1. The highest BCUT2D eigenvalue weighted by Gasteiger charge is 2.21. The molecule has 1 fully saturated rings. The van der Waals surface area contributed by atoms with E-state index in [9.17, 15) is 18.0 Å². The predicted octanol–water partition coefficient (Wildman–Crippen LogP) is 3.54. The first-order chi connectivity index (χ1) is 14.5. The average molecular weight is 413 g/mol. The minimum atomic E-state index is -1.11. The summed E-state index contributed by atoms with van der Waals surface area (Å²) in [6.45, 7) is 0. The molecule has 0 atom stereocenters. The van der Waals surface area contributed by atoms with Crippen LogP contribution in [-0.2, 0) is 0 Å². The van der Waals surface area contributed by atoms with Crippen molar-refractivity contribution >= 4 is 23.4 Å². The van der Waals surface area contributed by atoms with Crippen LogP contribution in [0.15, 0.2) is 57.6 Å². The number of nitrogens with one attached hydrogen (secondary N) is 2. The Hall–Kier alpha value is -3.49. The maximum atomic E-state index is 13.4. The van der Waals surface area contributed by atoms with Crippen molar-refractivity contribution in [2.45, 2.75) is 31.7 Å². The van der Waals surface area contributed by atoms with Crippen LogP contribution in [0.5, 0.6) is 0 Å². The predicted molar refractivity (Wildman–Crippen MR) is 107 cm³/mol. The number of hydrogen-bond donors (Lipinski definition) is 2. The average Bonchev–Trinajstić information content (AvgIpc) is 3.15. The molecule has 30 heavy (non-hydrogen) atoms. The number of amides is 1. The van der Waals surface area contributed by atoms with Gasteiger partial charge in [-0.2, -0.15) is 10.1 Å². The Morgan fingerprint density at radius 2 is 1.83 bits per heavy atom. The van der Waals surface area contributed by atoms with Crippen LogP contribution < -0.4 is 10.7 Å². The molecule has 0 spiro atoms. The number of hydrogen-bond acceptors (Lipinski definition) is 3. The fraction of sp³-hybridized carbons (Fsp3) is 0.238. The summed E-state index contributed by atoms with van der Waals surface area (Å²) in [5, 5.41) is 6.76. The second-order valence-electron chi connectivity index (χ2n) is 7.03. The third kappa shape index (κ3) is 4.56.